The van der Waals surface area contributed by atoms with E-state index in [1.165, 1.54) is 17.7 Å². The first kappa shape index (κ1) is 13.9. The van der Waals surface area contributed by atoms with Gasteiger partial charge in [-0.05, 0) is 42.3 Å². The van der Waals surface area contributed by atoms with Gasteiger partial charge in [0.05, 0.1) is 10.6 Å². The van der Waals surface area contributed by atoms with Crippen molar-refractivity contribution in [2.24, 2.45) is 0 Å². The number of halogens is 2. The normalized spacial score (nSPS) is 17.8. The van der Waals surface area contributed by atoms with Crippen molar-refractivity contribution in [1.82, 2.24) is 0 Å². The number of rotatable bonds is 2. The zero-order chi connectivity index (χ0) is 14.8. The summed E-state index contributed by atoms with van der Waals surface area (Å²) in [6.45, 7) is 1.82. The molecule has 2 aromatic carbocycles. The molecule has 0 aliphatic carbocycles. The van der Waals surface area contributed by atoms with E-state index in [9.17, 15) is 4.39 Å². The lowest BCUT2D eigenvalue weighted by Crippen LogP contribution is -2.19. The third kappa shape index (κ3) is 2.86. The van der Waals surface area contributed by atoms with Crippen LogP contribution in [-0.4, -0.2) is 13.1 Å². The van der Waals surface area contributed by atoms with Gasteiger partial charge in [0.2, 0.25) is 0 Å². The molecule has 1 unspecified atom stereocenters. The third-order valence-electron chi connectivity index (χ3n) is 3.97. The standard InChI is InChI=1S/C17H14ClFN2/c18-17-9-16(6-3-13(17)10-20)21-8-7-14(11-21)12-1-4-15(19)5-2-12/h1-6,9,14H,7-8,11H2. The molecule has 0 spiro atoms. The number of hydrogen-bond donors (Lipinski definition) is 0. The molecule has 1 aliphatic heterocycles. The van der Waals surface area contributed by atoms with Crippen LogP contribution in [0.15, 0.2) is 42.5 Å². The highest BCUT2D eigenvalue weighted by molar-refractivity contribution is 6.32. The van der Waals surface area contributed by atoms with Crippen LogP contribution >= 0.6 is 11.6 Å². The van der Waals surface area contributed by atoms with Crippen molar-refractivity contribution in [3.8, 4) is 6.07 Å². The van der Waals surface area contributed by atoms with Crippen molar-refractivity contribution in [3.63, 3.8) is 0 Å². The summed E-state index contributed by atoms with van der Waals surface area (Å²) in [5.41, 5.74) is 2.69. The van der Waals surface area contributed by atoms with Gasteiger partial charge in [-0.25, -0.2) is 4.39 Å². The van der Waals surface area contributed by atoms with E-state index in [4.69, 9.17) is 16.9 Å². The molecule has 106 valence electrons. The molecular formula is C17H14ClFN2. The highest BCUT2D eigenvalue weighted by Crippen LogP contribution is 2.32. The van der Waals surface area contributed by atoms with E-state index in [0.717, 1.165) is 25.2 Å². The lowest BCUT2D eigenvalue weighted by Gasteiger charge is -2.19. The second-order valence-corrected chi connectivity index (χ2v) is 5.67. The van der Waals surface area contributed by atoms with Gasteiger partial charge >= 0.3 is 0 Å². The lowest BCUT2D eigenvalue weighted by atomic mass is 9.99. The van der Waals surface area contributed by atoms with Gasteiger partial charge in [0.1, 0.15) is 11.9 Å². The summed E-state index contributed by atoms with van der Waals surface area (Å²) in [7, 11) is 0. The highest BCUT2D eigenvalue weighted by Gasteiger charge is 2.24. The van der Waals surface area contributed by atoms with E-state index >= 15 is 0 Å². The van der Waals surface area contributed by atoms with Gasteiger partial charge in [-0.3, -0.25) is 0 Å². The molecule has 21 heavy (non-hydrogen) atoms. The highest BCUT2D eigenvalue weighted by atomic mass is 35.5. The zero-order valence-electron chi connectivity index (χ0n) is 11.4. The van der Waals surface area contributed by atoms with Gasteiger partial charge in [-0.1, -0.05) is 23.7 Å². The summed E-state index contributed by atoms with van der Waals surface area (Å²) in [5.74, 6) is 0.201. The van der Waals surface area contributed by atoms with Crippen LogP contribution in [0.2, 0.25) is 5.02 Å². The summed E-state index contributed by atoms with van der Waals surface area (Å²) < 4.78 is 13.0. The maximum Gasteiger partial charge on any atom is 0.123 e. The minimum Gasteiger partial charge on any atom is -0.371 e. The second kappa shape index (κ2) is 5.75. The van der Waals surface area contributed by atoms with Crippen molar-refractivity contribution in [2.75, 3.05) is 18.0 Å². The molecule has 1 fully saturated rings. The minimum atomic E-state index is -0.201. The summed E-state index contributed by atoms with van der Waals surface area (Å²) in [6, 6.07) is 14.3. The predicted molar refractivity (Wildman–Crippen MR) is 82.1 cm³/mol. The Bertz CT molecular complexity index is 691. The number of nitrogens with zero attached hydrogens (tertiary/aromatic N) is 2. The Balaban J connectivity index is 1.76. The van der Waals surface area contributed by atoms with Gasteiger partial charge in [0, 0.05) is 24.7 Å². The molecule has 0 bridgehead atoms. The largest absolute Gasteiger partial charge is 0.371 e. The molecule has 2 nitrogen and oxygen atoms in total. The molecule has 1 atom stereocenters. The van der Waals surface area contributed by atoms with Crippen molar-refractivity contribution in [1.29, 1.82) is 5.26 Å². The molecule has 0 saturated carbocycles. The quantitative estimate of drug-likeness (QED) is 0.824. The first-order valence-electron chi connectivity index (χ1n) is 6.87. The second-order valence-electron chi connectivity index (χ2n) is 5.26. The number of nitriles is 1. The summed E-state index contributed by atoms with van der Waals surface area (Å²) >= 11 is 6.09. The molecule has 0 radical (unpaired) electrons. The smallest absolute Gasteiger partial charge is 0.123 e. The molecule has 3 rings (SSSR count). The van der Waals surface area contributed by atoms with E-state index in [-0.39, 0.29) is 5.82 Å². The van der Waals surface area contributed by atoms with Gasteiger partial charge in [0.15, 0.2) is 0 Å². The Hall–Kier alpha value is -2.05. The van der Waals surface area contributed by atoms with Gasteiger partial charge in [-0.2, -0.15) is 5.26 Å². The first-order valence-corrected chi connectivity index (χ1v) is 7.25. The predicted octanol–water partition coefficient (Wildman–Crippen LogP) is 4.34. The number of hydrogen-bond acceptors (Lipinski definition) is 2. The first-order chi connectivity index (χ1) is 10.2. The van der Waals surface area contributed by atoms with Crippen molar-refractivity contribution < 1.29 is 4.39 Å². The maximum absolute atomic E-state index is 13.0. The van der Waals surface area contributed by atoms with E-state index in [2.05, 4.69) is 11.0 Å². The Morgan fingerprint density at radius 1 is 1.19 bits per heavy atom. The van der Waals surface area contributed by atoms with Crippen LogP contribution in [0.5, 0.6) is 0 Å². The Morgan fingerprint density at radius 2 is 1.95 bits per heavy atom. The molecule has 1 saturated heterocycles. The van der Waals surface area contributed by atoms with Crippen molar-refractivity contribution in [3.05, 3.63) is 64.4 Å². The summed E-state index contributed by atoms with van der Waals surface area (Å²) in [4.78, 5) is 2.25. The fourth-order valence-electron chi connectivity index (χ4n) is 2.79. The summed E-state index contributed by atoms with van der Waals surface area (Å²) in [6.07, 6.45) is 1.03. The number of benzene rings is 2. The van der Waals surface area contributed by atoms with Gasteiger partial charge < -0.3 is 4.90 Å². The molecule has 0 aromatic heterocycles. The topological polar surface area (TPSA) is 27.0 Å². The van der Waals surface area contributed by atoms with Crippen LogP contribution in [0.3, 0.4) is 0 Å². The Kier molecular flexibility index (Phi) is 3.81. The SMILES string of the molecule is N#Cc1ccc(N2CCC(c3ccc(F)cc3)C2)cc1Cl. The van der Waals surface area contributed by atoms with Crippen LogP contribution in [-0.2, 0) is 0 Å². The summed E-state index contributed by atoms with van der Waals surface area (Å²) in [5, 5.41) is 9.40. The fraction of sp³-hybridized carbons (Fsp3) is 0.235. The molecule has 1 aliphatic rings. The van der Waals surface area contributed by atoms with Gasteiger partial charge in [0.25, 0.3) is 0 Å². The Morgan fingerprint density at radius 3 is 2.62 bits per heavy atom. The van der Waals surface area contributed by atoms with E-state index in [1.807, 2.05) is 24.3 Å². The Labute approximate surface area is 128 Å². The van der Waals surface area contributed by atoms with E-state index in [0.29, 0.717) is 16.5 Å². The van der Waals surface area contributed by atoms with E-state index in [1.54, 1.807) is 6.07 Å². The third-order valence-corrected chi connectivity index (χ3v) is 4.28. The van der Waals surface area contributed by atoms with Crippen LogP contribution < -0.4 is 4.90 Å². The van der Waals surface area contributed by atoms with Crippen molar-refractivity contribution >= 4 is 17.3 Å². The van der Waals surface area contributed by atoms with Crippen LogP contribution in [0.1, 0.15) is 23.5 Å². The van der Waals surface area contributed by atoms with Crippen LogP contribution in [0.25, 0.3) is 0 Å². The molecule has 0 amide bonds. The average molecular weight is 301 g/mol. The molecule has 2 aromatic rings. The zero-order valence-corrected chi connectivity index (χ0v) is 12.1. The van der Waals surface area contributed by atoms with Gasteiger partial charge in [-0.15, -0.1) is 0 Å². The lowest BCUT2D eigenvalue weighted by molar-refractivity contribution is 0.625. The minimum absolute atomic E-state index is 0.201. The molecule has 4 heteroatoms. The van der Waals surface area contributed by atoms with Crippen molar-refractivity contribution in [2.45, 2.75) is 12.3 Å². The molecule has 0 N–H and O–H groups in total. The number of anilines is 1. The maximum atomic E-state index is 13.0. The fourth-order valence-corrected chi connectivity index (χ4v) is 3.01. The van der Waals surface area contributed by atoms with E-state index < -0.39 is 0 Å². The molecular weight excluding hydrogens is 287 g/mol. The average Bonchev–Trinajstić information content (AvgIpc) is 2.98. The van der Waals surface area contributed by atoms with Crippen LogP contribution in [0, 0.1) is 17.1 Å². The molecule has 1 heterocycles. The van der Waals surface area contributed by atoms with Crippen LogP contribution in [0.4, 0.5) is 10.1 Å². The monoisotopic (exact) mass is 300 g/mol.